The van der Waals surface area contributed by atoms with Crippen molar-refractivity contribution in [3.63, 3.8) is 0 Å². The van der Waals surface area contributed by atoms with Gasteiger partial charge in [0.25, 0.3) is 0 Å². The van der Waals surface area contributed by atoms with Crippen molar-refractivity contribution in [3.05, 3.63) is 48.0 Å². The summed E-state index contributed by atoms with van der Waals surface area (Å²) in [5, 5.41) is 9.74. The molecule has 1 aromatic rings. The Morgan fingerprint density at radius 3 is 2.62 bits per heavy atom. The van der Waals surface area contributed by atoms with Crippen LogP contribution in [-0.4, -0.2) is 18.8 Å². The maximum absolute atomic E-state index is 9.74. The van der Waals surface area contributed by atoms with E-state index in [0.717, 1.165) is 5.56 Å². The Labute approximate surface area is 78.5 Å². The first-order chi connectivity index (χ1) is 6.25. The minimum Gasteiger partial charge on any atom is -0.384 e. The van der Waals surface area contributed by atoms with Gasteiger partial charge in [0.2, 0.25) is 0 Å². The van der Waals surface area contributed by atoms with Crippen molar-refractivity contribution in [3.8, 4) is 0 Å². The zero-order valence-corrected chi connectivity index (χ0v) is 7.73. The van der Waals surface area contributed by atoms with Crippen LogP contribution in [0.15, 0.2) is 42.5 Å². The summed E-state index contributed by atoms with van der Waals surface area (Å²) in [4.78, 5) is 0. The van der Waals surface area contributed by atoms with Crippen LogP contribution in [0, 0.1) is 0 Å². The lowest BCUT2D eigenvalue weighted by molar-refractivity contribution is 0.165. The molecule has 70 valence electrons. The fourth-order valence-electron chi connectivity index (χ4n) is 1.14. The molecule has 0 saturated heterocycles. The molecule has 13 heavy (non-hydrogen) atoms. The molecule has 0 aliphatic heterocycles. The molecule has 1 N–H and O–H groups in total. The first-order valence-electron chi connectivity index (χ1n) is 4.15. The van der Waals surface area contributed by atoms with Gasteiger partial charge in [-0.2, -0.15) is 0 Å². The highest BCUT2D eigenvalue weighted by molar-refractivity contribution is 5.24. The molecule has 0 heterocycles. The lowest BCUT2D eigenvalue weighted by Gasteiger charge is -2.12. The zero-order chi connectivity index (χ0) is 9.68. The van der Waals surface area contributed by atoms with Crippen molar-refractivity contribution in [2.45, 2.75) is 6.10 Å². The number of hydrogen-bond donors (Lipinski definition) is 1. The number of aliphatic hydroxyl groups is 1. The summed E-state index contributed by atoms with van der Waals surface area (Å²) < 4.78 is 4.89. The summed E-state index contributed by atoms with van der Waals surface area (Å²) in [6.07, 6.45) is -0.624. The number of rotatable bonds is 4. The van der Waals surface area contributed by atoms with E-state index >= 15 is 0 Å². The van der Waals surface area contributed by atoms with Gasteiger partial charge in [-0.25, -0.2) is 0 Å². The van der Waals surface area contributed by atoms with E-state index in [1.54, 1.807) is 7.11 Å². The Bertz CT molecular complexity index is 267. The van der Waals surface area contributed by atoms with Gasteiger partial charge in [-0.05, 0) is 11.1 Å². The normalized spacial score (nSPS) is 12.5. The smallest absolute Gasteiger partial charge is 0.102 e. The molecule has 0 radical (unpaired) electrons. The first-order valence-corrected chi connectivity index (χ1v) is 4.15. The van der Waals surface area contributed by atoms with E-state index in [4.69, 9.17) is 4.74 Å². The molecule has 0 spiro atoms. The number of ether oxygens (including phenoxy) is 1. The van der Waals surface area contributed by atoms with Crippen LogP contribution in [-0.2, 0) is 4.74 Å². The number of methoxy groups -OCH3 is 1. The Morgan fingerprint density at radius 1 is 1.46 bits per heavy atom. The van der Waals surface area contributed by atoms with Gasteiger partial charge in [0.05, 0.1) is 6.61 Å². The number of benzene rings is 1. The van der Waals surface area contributed by atoms with E-state index in [2.05, 4.69) is 6.58 Å². The standard InChI is InChI=1S/C11H14O2/c1-9(8-13-2)11(12)10-6-4-3-5-7-10/h3-7,11-12H,1,8H2,2H3/t11-/m1/s1. The Hall–Kier alpha value is -1.12. The molecule has 0 unspecified atom stereocenters. The Balaban J connectivity index is 2.68. The van der Waals surface area contributed by atoms with E-state index < -0.39 is 6.10 Å². The van der Waals surface area contributed by atoms with Gasteiger partial charge in [-0.1, -0.05) is 36.9 Å². The molecule has 0 saturated carbocycles. The zero-order valence-electron chi connectivity index (χ0n) is 7.73. The predicted octanol–water partition coefficient (Wildman–Crippen LogP) is 1.92. The predicted molar refractivity (Wildman–Crippen MR) is 52.4 cm³/mol. The summed E-state index contributed by atoms with van der Waals surface area (Å²) >= 11 is 0. The van der Waals surface area contributed by atoms with Crippen LogP contribution in [0.1, 0.15) is 11.7 Å². The van der Waals surface area contributed by atoms with Crippen LogP contribution in [0.25, 0.3) is 0 Å². The van der Waals surface area contributed by atoms with Crippen LogP contribution in [0.3, 0.4) is 0 Å². The van der Waals surface area contributed by atoms with Gasteiger partial charge in [-0.3, -0.25) is 0 Å². The SMILES string of the molecule is C=C(COC)[C@@H](O)c1ccccc1. The molecule has 0 aliphatic carbocycles. The molecular weight excluding hydrogens is 164 g/mol. The average molecular weight is 178 g/mol. The molecule has 0 amide bonds. The van der Waals surface area contributed by atoms with Gasteiger partial charge in [0, 0.05) is 7.11 Å². The fraction of sp³-hybridized carbons (Fsp3) is 0.273. The van der Waals surface area contributed by atoms with Crippen LogP contribution < -0.4 is 0 Å². The maximum atomic E-state index is 9.74. The molecule has 0 bridgehead atoms. The third-order valence-electron chi connectivity index (χ3n) is 1.83. The third-order valence-corrected chi connectivity index (χ3v) is 1.83. The van der Waals surface area contributed by atoms with Gasteiger partial charge < -0.3 is 9.84 Å². The second-order valence-electron chi connectivity index (χ2n) is 2.90. The summed E-state index contributed by atoms with van der Waals surface area (Å²) in [6, 6.07) is 9.42. The Kier molecular flexibility index (Phi) is 3.68. The van der Waals surface area contributed by atoms with Crippen molar-refractivity contribution < 1.29 is 9.84 Å². The molecule has 0 aliphatic rings. The lowest BCUT2D eigenvalue weighted by Crippen LogP contribution is -2.05. The van der Waals surface area contributed by atoms with Gasteiger partial charge in [0.1, 0.15) is 6.10 Å². The summed E-state index contributed by atoms with van der Waals surface area (Å²) in [5.74, 6) is 0. The third kappa shape index (κ3) is 2.68. The highest BCUT2D eigenvalue weighted by atomic mass is 16.5. The molecule has 1 rings (SSSR count). The highest BCUT2D eigenvalue weighted by Gasteiger charge is 2.09. The van der Waals surface area contributed by atoms with E-state index in [0.29, 0.717) is 12.2 Å². The second-order valence-corrected chi connectivity index (χ2v) is 2.90. The molecule has 0 aromatic heterocycles. The molecule has 2 heteroatoms. The van der Waals surface area contributed by atoms with Crippen LogP contribution in [0.4, 0.5) is 0 Å². The Morgan fingerprint density at radius 2 is 2.08 bits per heavy atom. The van der Waals surface area contributed by atoms with Crippen LogP contribution in [0.5, 0.6) is 0 Å². The van der Waals surface area contributed by atoms with Crippen molar-refractivity contribution in [1.82, 2.24) is 0 Å². The van der Waals surface area contributed by atoms with Crippen molar-refractivity contribution in [1.29, 1.82) is 0 Å². The largest absolute Gasteiger partial charge is 0.384 e. The summed E-state index contributed by atoms with van der Waals surface area (Å²) in [6.45, 7) is 4.13. The summed E-state index contributed by atoms with van der Waals surface area (Å²) in [7, 11) is 1.59. The molecular formula is C11H14O2. The average Bonchev–Trinajstić information content (AvgIpc) is 2.18. The van der Waals surface area contributed by atoms with Gasteiger partial charge in [0.15, 0.2) is 0 Å². The van der Waals surface area contributed by atoms with Crippen molar-refractivity contribution in [2.24, 2.45) is 0 Å². The first kappa shape index (κ1) is 9.96. The van der Waals surface area contributed by atoms with Gasteiger partial charge in [-0.15, -0.1) is 0 Å². The van der Waals surface area contributed by atoms with Gasteiger partial charge >= 0.3 is 0 Å². The van der Waals surface area contributed by atoms with Crippen LogP contribution >= 0.6 is 0 Å². The number of hydrogen-bond acceptors (Lipinski definition) is 2. The minimum atomic E-state index is -0.624. The second kappa shape index (κ2) is 4.80. The van der Waals surface area contributed by atoms with E-state index in [1.807, 2.05) is 30.3 Å². The molecule has 0 fully saturated rings. The fourth-order valence-corrected chi connectivity index (χ4v) is 1.14. The highest BCUT2D eigenvalue weighted by Crippen LogP contribution is 2.19. The maximum Gasteiger partial charge on any atom is 0.102 e. The molecule has 2 nitrogen and oxygen atoms in total. The quantitative estimate of drug-likeness (QED) is 0.714. The van der Waals surface area contributed by atoms with E-state index in [9.17, 15) is 5.11 Å². The monoisotopic (exact) mass is 178 g/mol. The van der Waals surface area contributed by atoms with Crippen molar-refractivity contribution in [2.75, 3.05) is 13.7 Å². The minimum absolute atomic E-state index is 0.385. The topological polar surface area (TPSA) is 29.5 Å². The number of aliphatic hydroxyl groups excluding tert-OH is 1. The molecule has 1 atom stereocenters. The van der Waals surface area contributed by atoms with Crippen molar-refractivity contribution >= 4 is 0 Å². The van der Waals surface area contributed by atoms with Crippen LogP contribution in [0.2, 0.25) is 0 Å². The van der Waals surface area contributed by atoms with E-state index in [1.165, 1.54) is 0 Å². The lowest BCUT2D eigenvalue weighted by atomic mass is 10.0. The molecule has 1 aromatic carbocycles. The van der Waals surface area contributed by atoms with E-state index in [-0.39, 0.29) is 0 Å². The summed E-state index contributed by atoms with van der Waals surface area (Å²) in [5.41, 5.74) is 1.53.